The molecule has 1 unspecified atom stereocenters. The molecular weight excluding hydrogens is 406 g/mol. The number of ether oxygens (including phenoxy) is 1. The first-order chi connectivity index (χ1) is 14.6. The van der Waals surface area contributed by atoms with Crippen LogP contribution in [-0.2, 0) is 16.1 Å². The number of halogens is 1. The molecule has 0 bridgehead atoms. The Morgan fingerprint density at radius 2 is 1.77 bits per heavy atom. The Labute approximate surface area is 179 Å². The molecule has 30 heavy (non-hydrogen) atoms. The largest absolute Gasteiger partial charge is 0.468 e. The summed E-state index contributed by atoms with van der Waals surface area (Å²) in [5.74, 6) is -0.646. The van der Waals surface area contributed by atoms with Crippen LogP contribution in [0.5, 0.6) is 0 Å². The summed E-state index contributed by atoms with van der Waals surface area (Å²) in [6.07, 6.45) is 0. The lowest BCUT2D eigenvalue weighted by Crippen LogP contribution is -2.50. The minimum Gasteiger partial charge on any atom is -0.468 e. The van der Waals surface area contributed by atoms with Gasteiger partial charge in [-0.2, -0.15) is 0 Å². The van der Waals surface area contributed by atoms with Gasteiger partial charge in [-0.1, -0.05) is 41.9 Å². The van der Waals surface area contributed by atoms with Crippen molar-refractivity contribution in [3.63, 3.8) is 0 Å². The predicted octanol–water partition coefficient (Wildman–Crippen LogP) is 2.78. The van der Waals surface area contributed by atoms with Crippen molar-refractivity contribution < 1.29 is 13.9 Å². The lowest BCUT2D eigenvalue weighted by atomic mass is 10.0. The maximum absolute atomic E-state index is 12.5. The number of carbonyl (C=O) groups is 1. The Hall–Kier alpha value is -2.61. The number of oxazole rings is 1. The Morgan fingerprint density at radius 1 is 1.07 bits per heavy atom. The molecule has 0 amide bonds. The Balaban J connectivity index is 1.41. The molecule has 2 heterocycles. The van der Waals surface area contributed by atoms with E-state index in [1.807, 2.05) is 36.4 Å². The molecule has 3 aromatic rings. The van der Waals surface area contributed by atoms with Gasteiger partial charge in [-0.25, -0.2) is 9.59 Å². The van der Waals surface area contributed by atoms with Gasteiger partial charge in [0.05, 0.1) is 12.6 Å². The highest BCUT2D eigenvalue weighted by Gasteiger charge is 2.32. The van der Waals surface area contributed by atoms with Crippen molar-refractivity contribution in [2.24, 2.45) is 0 Å². The monoisotopic (exact) mass is 429 g/mol. The van der Waals surface area contributed by atoms with E-state index in [1.165, 1.54) is 7.11 Å². The first-order valence-electron chi connectivity index (χ1n) is 9.95. The van der Waals surface area contributed by atoms with Gasteiger partial charge < -0.3 is 9.15 Å². The third-order valence-electron chi connectivity index (χ3n) is 5.61. The summed E-state index contributed by atoms with van der Waals surface area (Å²) >= 11 is 6.35. The molecule has 0 spiro atoms. The normalized spacial score (nSPS) is 16.6. The van der Waals surface area contributed by atoms with Crippen molar-refractivity contribution in [2.45, 2.75) is 12.6 Å². The van der Waals surface area contributed by atoms with Crippen molar-refractivity contribution in [3.8, 4) is 0 Å². The van der Waals surface area contributed by atoms with Crippen molar-refractivity contribution in [3.05, 3.63) is 69.7 Å². The summed E-state index contributed by atoms with van der Waals surface area (Å²) in [5.41, 5.74) is 2.18. The topological polar surface area (TPSA) is 67.9 Å². The van der Waals surface area contributed by atoms with E-state index < -0.39 is 6.04 Å². The van der Waals surface area contributed by atoms with Gasteiger partial charge in [0.1, 0.15) is 6.04 Å². The van der Waals surface area contributed by atoms with Gasteiger partial charge in [-0.15, -0.1) is 0 Å². The lowest BCUT2D eigenvalue weighted by Gasteiger charge is -2.38. The second-order valence-corrected chi connectivity index (χ2v) is 7.72. The molecule has 4 rings (SSSR count). The minimum absolute atomic E-state index is 0.312. The number of benzene rings is 2. The van der Waals surface area contributed by atoms with Crippen LogP contribution in [0.4, 0.5) is 0 Å². The molecule has 2 aromatic carbocycles. The van der Waals surface area contributed by atoms with Gasteiger partial charge in [0, 0.05) is 44.3 Å². The maximum Gasteiger partial charge on any atom is 0.419 e. The number of esters is 1. The molecule has 1 aromatic heterocycles. The maximum atomic E-state index is 12.5. The Bertz CT molecular complexity index is 1090. The van der Waals surface area contributed by atoms with E-state index >= 15 is 0 Å². The fourth-order valence-corrected chi connectivity index (χ4v) is 4.23. The van der Waals surface area contributed by atoms with Gasteiger partial charge in [-0.05, 0) is 23.8 Å². The zero-order valence-electron chi connectivity index (χ0n) is 16.8. The molecule has 0 saturated carbocycles. The standard InChI is InChI=1S/C22H24ClN3O4/c1-29-21(27)20(16-6-2-3-7-17(16)23)25-13-10-24(11-14-25)12-15-26-18-8-4-5-9-19(18)30-22(26)28/h2-9,20H,10-15H2,1H3. The Morgan fingerprint density at radius 3 is 2.50 bits per heavy atom. The van der Waals surface area contributed by atoms with E-state index in [1.54, 1.807) is 16.7 Å². The molecule has 0 aliphatic carbocycles. The van der Waals surface area contributed by atoms with Crippen LogP contribution in [-0.4, -0.2) is 60.2 Å². The molecule has 1 aliphatic rings. The highest BCUT2D eigenvalue weighted by Crippen LogP contribution is 2.29. The van der Waals surface area contributed by atoms with Crippen molar-refractivity contribution in [1.29, 1.82) is 0 Å². The van der Waals surface area contributed by atoms with Gasteiger partial charge >= 0.3 is 11.7 Å². The molecule has 1 aliphatic heterocycles. The number of aromatic nitrogens is 1. The van der Waals surface area contributed by atoms with Crippen LogP contribution in [0.1, 0.15) is 11.6 Å². The summed E-state index contributed by atoms with van der Waals surface area (Å²) < 4.78 is 12.0. The van der Waals surface area contributed by atoms with Crippen LogP contribution >= 0.6 is 11.6 Å². The zero-order valence-corrected chi connectivity index (χ0v) is 17.5. The second-order valence-electron chi connectivity index (χ2n) is 7.31. The van der Waals surface area contributed by atoms with E-state index in [-0.39, 0.29) is 11.7 Å². The van der Waals surface area contributed by atoms with Crippen LogP contribution in [0.3, 0.4) is 0 Å². The number of rotatable bonds is 6. The summed E-state index contributed by atoms with van der Waals surface area (Å²) in [6, 6.07) is 14.3. The van der Waals surface area contributed by atoms with Gasteiger partial charge in [0.25, 0.3) is 0 Å². The van der Waals surface area contributed by atoms with E-state index in [4.69, 9.17) is 20.8 Å². The molecule has 0 radical (unpaired) electrons. The average Bonchev–Trinajstić information content (AvgIpc) is 3.09. The number of methoxy groups -OCH3 is 1. The van der Waals surface area contributed by atoms with E-state index in [0.29, 0.717) is 30.2 Å². The number of hydrogen-bond donors (Lipinski definition) is 0. The molecule has 1 saturated heterocycles. The molecule has 1 fully saturated rings. The number of nitrogens with zero attached hydrogens (tertiary/aromatic N) is 3. The third kappa shape index (κ3) is 4.14. The molecule has 0 N–H and O–H groups in total. The van der Waals surface area contributed by atoms with E-state index in [2.05, 4.69) is 9.80 Å². The highest BCUT2D eigenvalue weighted by molar-refractivity contribution is 6.31. The van der Waals surface area contributed by atoms with Crippen molar-refractivity contribution >= 4 is 28.7 Å². The summed E-state index contributed by atoms with van der Waals surface area (Å²) in [7, 11) is 1.40. The zero-order chi connectivity index (χ0) is 21.1. The van der Waals surface area contributed by atoms with Crippen molar-refractivity contribution in [2.75, 3.05) is 39.8 Å². The fraction of sp³-hybridized carbons (Fsp3) is 0.364. The summed E-state index contributed by atoms with van der Waals surface area (Å²) in [4.78, 5) is 29.0. The highest BCUT2D eigenvalue weighted by atomic mass is 35.5. The fourth-order valence-electron chi connectivity index (χ4n) is 3.99. The number of piperazine rings is 1. The van der Waals surface area contributed by atoms with E-state index in [9.17, 15) is 9.59 Å². The number of carbonyl (C=O) groups excluding carboxylic acids is 1. The number of para-hydroxylation sites is 2. The second kappa shape index (κ2) is 9.04. The first kappa shape index (κ1) is 20.7. The molecular formula is C22H24ClN3O4. The van der Waals surface area contributed by atoms with Crippen LogP contribution < -0.4 is 5.76 Å². The number of hydrogen-bond acceptors (Lipinski definition) is 6. The SMILES string of the molecule is COC(=O)C(c1ccccc1Cl)N1CCN(CCn2c(=O)oc3ccccc32)CC1. The number of fused-ring (bicyclic) bond motifs is 1. The predicted molar refractivity (Wildman–Crippen MR) is 115 cm³/mol. The van der Waals surface area contributed by atoms with Crippen LogP contribution in [0.15, 0.2) is 57.7 Å². The van der Waals surface area contributed by atoms with Gasteiger partial charge in [0.2, 0.25) is 0 Å². The van der Waals surface area contributed by atoms with E-state index in [0.717, 1.165) is 30.7 Å². The van der Waals surface area contributed by atoms with Gasteiger partial charge in [0.15, 0.2) is 5.58 Å². The summed E-state index contributed by atoms with van der Waals surface area (Å²) in [5, 5.41) is 0.557. The molecule has 158 valence electrons. The first-order valence-corrected chi connectivity index (χ1v) is 10.3. The van der Waals surface area contributed by atoms with Crippen LogP contribution in [0.25, 0.3) is 11.1 Å². The summed E-state index contributed by atoms with van der Waals surface area (Å²) in [6.45, 7) is 4.25. The van der Waals surface area contributed by atoms with Gasteiger partial charge in [-0.3, -0.25) is 14.4 Å². The smallest absolute Gasteiger partial charge is 0.419 e. The average molecular weight is 430 g/mol. The minimum atomic E-state index is -0.522. The van der Waals surface area contributed by atoms with Crippen LogP contribution in [0, 0.1) is 0 Å². The quantitative estimate of drug-likeness (QED) is 0.561. The Kier molecular flexibility index (Phi) is 6.22. The van der Waals surface area contributed by atoms with Crippen molar-refractivity contribution in [1.82, 2.24) is 14.4 Å². The molecule has 8 heteroatoms. The lowest BCUT2D eigenvalue weighted by molar-refractivity contribution is -0.148. The molecule has 1 atom stereocenters. The van der Waals surface area contributed by atoms with Crippen LogP contribution in [0.2, 0.25) is 5.02 Å². The third-order valence-corrected chi connectivity index (χ3v) is 5.95. The molecule has 7 nitrogen and oxygen atoms in total.